The Labute approximate surface area is 161 Å². The molecule has 2 heterocycles. The Morgan fingerprint density at radius 2 is 2.04 bits per heavy atom. The Hall–Kier alpha value is -1.40. The van der Waals surface area contributed by atoms with E-state index < -0.39 is 0 Å². The van der Waals surface area contributed by atoms with Crippen LogP contribution in [0.5, 0.6) is 5.75 Å². The van der Waals surface area contributed by atoms with Crippen molar-refractivity contribution in [3.05, 3.63) is 29.8 Å². The predicted octanol–water partition coefficient (Wildman–Crippen LogP) is 2.80. The van der Waals surface area contributed by atoms with E-state index >= 15 is 0 Å². The number of guanidine groups is 1. The second kappa shape index (κ2) is 9.51. The van der Waals surface area contributed by atoms with Crippen LogP contribution in [0.25, 0.3) is 0 Å². The van der Waals surface area contributed by atoms with Crippen molar-refractivity contribution in [2.24, 2.45) is 4.99 Å². The topological polar surface area (TPSA) is 54.9 Å². The first-order valence-corrected chi connectivity index (χ1v) is 10.6. The fourth-order valence-electron chi connectivity index (χ4n) is 3.76. The van der Waals surface area contributed by atoms with Crippen LogP contribution < -0.4 is 15.4 Å². The number of nitrogens with zero attached hydrogens (tertiary/aromatic N) is 1. The van der Waals surface area contributed by atoms with E-state index in [0.717, 1.165) is 50.9 Å². The van der Waals surface area contributed by atoms with E-state index in [1.54, 1.807) is 7.11 Å². The summed E-state index contributed by atoms with van der Waals surface area (Å²) in [6.45, 7) is 3.46. The van der Waals surface area contributed by atoms with Gasteiger partial charge in [0.2, 0.25) is 0 Å². The monoisotopic (exact) mass is 377 g/mol. The lowest BCUT2D eigenvalue weighted by atomic mass is 9.74. The lowest BCUT2D eigenvalue weighted by Crippen LogP contribution is -2.48. The minimum Gasteiger partial charge on any atom is -0.497 e. The molecule has 1 atom stereocenters. The Bertz CT molecular complexity index is 579. The van der Waals surface area contributed by atoms with Crippen LogP contribution in [0.1, 0.15) is 31.2 Å². The van der Waals surface area contributed by atoms with Crippen LogP contribution in [0.15, 0.2) is 29.3 Å². The fourth-order valence-corrected chi connectivity index (χ4v) is 4.96. The zero-order valence-electron chi connectivity index (χ0n) is 15.9. The smallest absolute Gasteiger partial charge is 0.191 e. The van der Waals surface area contributed by atoms with Crippen LogP contribution in [0.2, 0.25) is 0 Å². The number of hydrogen-bond acceptors (Lipinski definition) is 4. The third-order valence-electron chi connectivity index (χ3n) is 5.49. The lowest BCUT2D eigenvalue weighted by Gasteiger charge is -2.38. The summed E-state index contributed by atoms with van der Waals surface area (Å²) in [6.07, 6.45) is 4.68. The number of ether oxygens (including phenoxy) is 2. The maximum Gasteiger partial charge on any atom is 0.191 e. The Morgan fingerprint density at radius 1 is 1.27 bits per heavy atom. The molecule has 3 rings (SSSR count). The van der Waals surface area contributed by atoms with E-state index in [-0.39, 0.29) is 5.41 Å². The van der Waals surface area contributed by atoms with Gasteiger partial charge in [-0.25, -0.2) is 0 Å². The van der Waals surface area contributed by atoms with Gasteiger partial charge in [0.1, 0.15) is 5.75 Å². The van der Waals surface area contributed by atoms with E-state index in [9.17, 15) is 0 Å². The molecule has 1 unspecified atom stereocenters. The molecule has 144 valence electrons. The summed E-state index contributed by atoms with van der Waals surface area (Å²) in [4.78, 5) is 4.42. The van der Waals surface area contributed by atoms with Gasteiger partial charge < -0.3 is 20.1 Å². The molecule has 0 aromatic heterocycles. The number of hydrogen-bond donors (Lipinski definition) is 2. The molecule has 1 aromatic carbocycles. The van der Waals surface area contributed by atoms with Gasteiger partial charge in [-0.05, 0) is 49.1 Å². The van der Waals surface area contributed by atoms with Gasteiger partial charge in [0.05, 0.1) is 7.11 Å². The summed E-state index contributed by atoms with van der Waals surface area (Å²) in [5.41, 5.74) is 1.42. The van der Waals surface area contributed by atoms with Gasteiger partial charge in [-0.15, -0.1) is 0 Å². The van der Waals surface area contributed by atoms with Crippen molar-refractivity contribution in [1.29, 1.82) is 0 Å². The highest BCUT2D eigenvalue weighted by Gasteiger charge is 2.34. The summed E-state index contributed by atoms with van der Waals surface area (Å²) in [7, 11) is 3.56. The molecular weight excluding hydrogens is 346 g/mol. The molecule has 0 spiro atoms. The molecule has 2 N–H and O–H groups in total. The zero-order valence-corrected chi connectivity index (χ0v) is 16.7. The van der Waals surface area contributed by atoms with Gasteiger partial charge in [0.15, 0.2) is 5.96 Å². The van der Waals surface area contributed by atoms with Gasteiger partial charge in [0.25, 0.3) is 0 Å². The van der Waals surface area contributed by atoms with Crippen molar-refractivity contribution in [2.75, 3.05) is 46.2 Å². The van der Waals surface area contributed by atoms with Crippen molar-refractivity contribution in [1.82, 2.24) is 10.6 Å². The number of aliphatic imine (C=N–C) groups is 1. The normalized spacial score (nSPS) is 22.8. The molecule has 2 aliphatic rings. The van der Waals surface area contributed by atoms with Gasteiger partial charge >= 0.3 is 0 Å². The molecule has 5 nitrogen and oxygen atoms in total. The average Bonchev–Trinajstić information content (AvgIpc) is 3.22. The van der Waals surface area contributed by atoms with Gasteiger partial charge in [-0.3, -0.25) is 4.99 Å². The standard InChI is InChI=1S/C20H31N3O2S/c1-21-19(22-14-18-4-3-13-26-18)23-15-20(9-11-25-12-10-20)16-5-7-17(24-2)8-6-16/h5-8,18H,3-4,9-15H2,1-2H3,(H2,21,22,23). The lowest BCUT2D eigenvalue weighted by molar-refractivity contribution is 0.0513. The summed E-state index contributed by atoms with van der Waals surface area (Å²) in [5, 5.41) is 7.79. The maximum atomic E-state index is 5.64. The summed E-state index contributed by atoms with van der Waals surface area (Å²) in [6, 6.07) is 8.49. The summed E-state index contributed by atoms with van der Waals surface area (Å²) in [5.74, 6) is 3.09. The van der Waals surface area contributed by atoms with Gasteiger partial charge in [0, 0.05) is 44.0 Å². The number of nitrogens with one attached hydrogen (secondary N) is 2. The maximum absolute atomic E-state index is 5.64. The highest BCUT2D eigenvalue weighted by molar-refractivity contribution is 8.00. The van der Waals surface area contributed by atoms with Gasteiger partial charge in [-0.2, -0.15) is 11.8 Å². The zero-order chi connectivity index (χ0) is 18.2. The van der Waals surface area contributed by atoms with Crippen molar-refractivity contribution in [3.8, 4) is 5.75 Å². The van der Waals surface area contributed by atoms with Gasteiger partial charge in [-0.1, -0.05) is 12.1 Å². The predicted molar refractivity (Wildman–Crippen MR) is 110 cm³/mol. The van der Waals surface area contributed by atoms with Crippen molar-refractivity contribution in [3.63, 3.8) is 0 Å². The van der Waals surface area contributed by atoms with E-state index in [1.807, 2.05) is 7.05 Å². The molecule has 0 bridgehead atoms. The number of rotatable bonds is 6. The summed E-state index contributed by atoms with van der Waals surface area (Å²) < 4.78 is 11.0. The first kappa shape index (κ1) is 19.4. The minimum atomic E-state index is 0.0737. The fraction of sp³-hybridized carbons (Fsp3) is 0.650. The number of benzene rings is 1. The molecule has 2 fully saturated rings. The largest absolute Gasteiger partial charge is 0.497 e. The Morgan fingerprint density at radius 3 is 2.65 bits per heavy atom. The van der Waals surface area contributed by atoms with Crippen LogP contribution in [0.4, 0.5) is 0 Å². The van der Waals surface area contributed by atoms with Crippen molar-refractivity contribution >= 4 is 17.7 Å². The molecule has 0 saturated carbocycles. The molecule has 0 radical (unpaired) electrons. The highest BCUT2D eigenvalue weighted by atomic mass is 32.2. The minimum absolute atomic E-state index is 0.0737. The first-order chi connectivity index (χ1) is 12.8. The summed E-state index contributed by atoms with van der Waals surface area (Å²) >= 11 is 2.07. The van der Waals surface area contributed by atoms with E-state index in [2.05, 4.69) is 51.7 Å². The molecule has 2 aliphatic heterocycles. The third-order valence-corrected chi connectivity index (χ3v) is 6.89. The molecule has 0 aliphatic carbocycles. The molecule has 2 saturated heterocycles. The second-order valence-corrected chi connectivity index (χ2v) is 8.47. The quantitative estimate of drug-likeness (QED) is 0.590. The van der Waals surface area contributed by atoms with Crippen LogP contribution in [0, 0.1) is 0 Å². The van der Waals surface area contributed by atoms with Crippen LogP contribution in [-0.2, 0) is 10.2 Å². The molecule has 1 aromatic rings. The number of thioether (sulfide) groups is 1. The Balaban J connectivity index is 1.63. The molecule has 0 amide bonds. The van der Waals surface area contributed by atoms with E-state index in [4.69, 9.17) is 9.47 Å². The third kappa shape index (κ3) is 4.86. The first-order valence-electron chi connectivity index (χ1n) is 9.54. The molecule has 26 heavy (non-hydrogen) atoms. The molecular formula is C20H31N3O2S. The highest BCUT2D eigenvalue weighted by Crippen LogP contribution is 2.35. The van der Waals surface area contributed by atoms with Crippen LogP contribution in [-0.4, -0.2) is 57.4 Å². The Kier molecular flexibility index (Phi) is 7.08. The van der Waals surface area contributed by atoms with Crippen molar-refractivity contribution < 1.29 is 9.47 Å². The second-order valence-electron chi connectivity index (χ2n) is 7.06. The SMILES string of the molecule is CN=C(NCC1CCCS1)NCC1(c2ccc(OC)cc2)CCOCC1. The van der Waals surface area contributed by atoms with Crippen molar-refractivity contribution in [2.45, 2.75) is 36.3 Å². The number of methoxy groups -OCH3 is 1. The molecule has 6 heteroatoms. The van der Waals surface area contributed by atoms with Crippen LogP contribution >= 0.6 is 11.8 Å². The van der Waals surface area contributed by atoms with E-state index in [0.29, 0.717) is 5.25 Å². The average molecular weight is 378 g/mol. The van der Waals surface area contributed by atoms with E-state index in [1.165, 1.54) is 24.2 Å². The van der Waals surface area contributed by atoms with Crippen LogP contribution in [0.3, 0.4) is 0 Å².